The molecule has 1 N–H and O–H groups in total. The minimum Gasteiger partial charge on any atom is -0.476 e. The average Bonchev–Trinajstić information content (AvgIpc) is 2.16. The van der Waals surface area contributed by atoms with E-state index in [4.69, 9.17) is 5.11 Å². The summed E-state index contributed by atoms with van der Waals surface area (Å²) in [5, 5.41) is 9.32. The first kappa shape index (κ1) is 9.14. The Hall–Kier alpha value is -1.43. The zero-order valence-electron chi connectivity index (χ0n) is 7.06. The van der Waals surface area contributed by atoms with Gasteiger partial charge in [0.15, 0.2) is 5.69 Å². The summed E-state index contributed by atoms with van der Waals surface area (Å²) in [6.45, 7) is 0. The lowest BCUT2D eigenvalue weighted by molar-refractivity contribution is -0.116. The summed E-state index contributed by atoms with van der Waals surface area (Å²) in [6, 6.07) is 0. The van der Waals surface area contributed by atoms with Crippen molar-refractivity contribution in [3.05, 3.63) is 17.6 Å². The van der Waals surface area contributed by atoms with Crippen LogP contribution in [-0.4, -0.2) is 32.6 Å². The van der Waals surface area contributed by atoms with Crippen molar-refractivity contribution in [1.82, 2.24) is 9.97 Å². The van der Waals surface area contributed by atoms with Gasteiger partial charge in [0.25, 0.3) is 0 Å². The van der Waals surface area contributed by atoms with Crippen molar-refractivity contribution in [3.63, 3.8) is 0 Å². The van der Waals surface area contributed by atoms with Crippen LogP contribution < -0.4 is 0 Å². The summed E-state index contributed by atoms with van der Waals surface area (Å²) in [7, 11) is 0. The monoisotopic (exact) mass is 210 g/mol. The summed E-state index contributed by atoms with van der Waals surface area (Å²) < 4.78 is 0. The number of thioether (sulfide) groups is 1. The van der Waals surface area contributed by atoms with Crippen LogP contribution in [0.4, 0.5) is 0 Å². The van der Waals surface area contributed by atoms with Crippen molar-refractivity contribution in [2.75, 3.05) is 5.75 Å². The highest BCUT2D eigenvalue weighted by atomic mass is 32.2. The lowest BCUT2D eigenvalue weighted by Gasteiger charge is -2.11. The van der Waals surface area contributed by atoms with Gasteiger partial charge in [-0.3, -0.25) is 4.79 Å². The molecule has 0 unspecified atom stereocenters. The third-order valence-corrected chi connectivity index (χ3v) is 2.84. The van der Waals surface area contributed by atoms with E-state index in [9.17, 15) is 9.59 Å². The summed E-state index contributed by atoms with van der Waals surface area (Å²) in [4.78, 5) is 29.4. The van der Waals surface area contributed by atoms with Crippen LogP contribution in [0.25, 0.3) is 0 Å². The van der Waals surface area contributed by atoms with Crippen molar-refractivity contribution in [1.29, 1.82) is 0 Å². The van der Waals surface area contributed by atoms with Gasteiger partial charge in [-0.1, -0.05) is 11.8 Å². The molecule has 0 aromatic carbocycles. The van der Waals surface area contributed by atoms with Gasteiger partial charge < -0.3 is 5.11 Å². The van der Waals surface area contributed by atoms with E-state index in [2.05, 4.69) is 9.97 Å². The summed E-state index contributed by atoms with van der Waals surface area (Å²) >= 11 is 1.30. The fraction of sp³-hybridized carbons (Fsp3) is 0.250. The van der Waals surface area contributed by atoms with E-state index in [1.54, 1.807) is 0 Å². The number of Topliss-reactive ketones (excluding diaryl/α,β-unsaturated/α-hetero) is 1. The molecule has 0 fully saturated rings. The van der Waals surface area contributed by atoms with E-state index in [0.29, 0.717) is 16.5 Å². The topological polar surface area (TPSA) is 80.2 Å². The molecule has 72 valence electrons. The molecule has 1 aromatic rings. The summed E-state index contributed by atoms with van der Waals surface area (Å²) in [5.41, 5.74) is 0.366. The summed E-state index contributed by atoms with van der Waals surface area (Å²) in [6.07, 6.45) is 1.40. The molecule has 1 aliphatic heterocycles. The molecule has 0 bridgehead atoms. The highest BCUT2D eigenvalue weighted by molar-refractivity contribution is 8.00. The first-order valence-electron chi connectivity index (χ1n) is 3.90. The van der Waals surface area contributed by atoms with Crippen LogP contribution in [0.5, 0.6) is 0 Å². The van der Waals surface area contributed by atoms with Crippen LogP contribution in [0.15, 0.2) is 11.2 Å². The molecule has 1 aromatic heterocycles. The Bertz CT molecular complexity index is 419. The van der Waals surface area contributed by atoms with Gasteiger partial charge in [0.1, 0.15) is 10.8 Å². The van der Waals surface area contributed by atoms with E-state index in [1.807, 2.05) is 0 Å². The van der Waals surface area contributed by atoms with Crippen molar-refractivity contribution in [3.8, 4) is 0 Å². The van der Waals surface area contributed by atoms with Crippen LogP contribution in [0.1, 0.15) is 16.2 Å². The standard InChI is InChI=1S/C8H6N2O3S/c11-4-1-5-7(14-3-4)9-2-6(10-5)8(12)13/h2H,1,3H2,(H,12,13). The van der Waals surface area contributed by atoms with Crippen molar-refractivity contribution in [2.24, 2.45) is 0 Å². The first-order chi connectivity index (χ1) is 6.66. The van der Waals surface area contributed by atoms with Crippen LogP contribution in [0.3, 0.4) is 0 Å². The summed E-state index contributed by atoms with van der Waals surface area (Å²) in [5.74, 6) is -0.670. The maximum atomic E-state index is 11.1. The largest absolute Gasteiger partial charge is 0.476 e. The molecule has 5 nitrogen and oxygen atoms in total. The molecule has 2 rings (SSSR count). The number of hydrogen-bond donors (Lipinski definition) is 1. The lowest BCUT2D eigenvalue weighted by Crippen LogP contribution is -2.16. The minimum atomic E-state index is -1.12. The van der Waals surface area contributed by atoms with Crippen LogP contribution in [0.2, 0.25) is 0 Å². The van der Waals surface area contributed by atoms with Crippen molar-refractivity contribution >= 4 is 23.5 Å². The molecular formula is C8H6N2O3S. The number of carboxylic acid groups (broad SMARTS) is 1. The maximum absolute atomic E-state index is 11.1. The van der Waals surface area contributed by atoms with Crippen LogP contribution in [0, 0.1) is 0 Å². The van der Waals surface area contributed by atoms with Gasteiger partial charge in [0.2, 0.25) is 0 Å². The molecule has 0 spiro atoms. The fourth-order valence-electron chi connectivity index (χ4n) is 1.14. The zero-order valence-corrected chi connectivity index (χ0v) is 7.87. The number of fused-ring (bicyclic) bond motifs is 1. The predicted octanol–water partition coefficient (Wildman–Crippen LogP) is 0.392. The number of carboxylic acids is 1. The SMILES string of the molecule is O=C1CSc2ncc(C(=O)O)nc2C1. The van der Waals surface area contributed by atoms with Gasteiger partial charge in [0, 0.05) is 0 Å². The van der Waals surface area contributed by atoms with Gasteiger partial charge in [-0.25, -0.2) is 14.8 Å². The lowest BCUT2D eigenvalue weighted by atomic mass is 10.2. The molecule has 0 radical (unpaired) electrons. The molecule has 14 heavy (non-hydrogen) atoms. The molecule has 0 atom stereocenters. The van der Waals surface area contributed by atoms with E-state index in [1.165, 1.54) is 18.0 Å². The second kappa shape index (κ2) is 3.38. The number of rotatable bonds is 1. The number of carbonyl (C=O) groups is 2. The Morgan fingerprint density at radius 2 is 2.36 bits per heavy atom. The van der Waals surface area contributed by atoms with Gasteiger partial charge in [-0.15, -0.1) is 0 Å². The molecule has 0 amide bonds. The van der Waals surface area contributed by atoms with Gasteiger partial charge in [-0.2, -0.15) is 0 Å². The molecule has 0 saturated carbocycles. The minimum absolute atomic E-state index is 0.0549. The average molecular weight is 210 g/mol. The number of aromatic carboxylic acids is 1. The smallest absolute Gasteiger partial charge is 0.356 e. The Labute approximate surface area is 83.6 Å². The Morgan fingerprint density at radius 1 is 1.57 bits per heavy atom. The van der Waals surface area contributed by atoms with Crippen LogP contribution >= 0.6 is 11.8 Å². The second-order valence-electron chi connectivity index (χ2n) is 2.82. The molecule has 0 aliphatic carbocycles. The fourth-order valence-corrected chi connectivity index (χ4v) is 1.95. The predicted molar refractivity (Wildman–Crippen MR) is 48.4 cm³/mol. The first-order valence-corrected chi connectivity index (χ1v) is 4.89. The van der Waals surface area contributed by atoms with Gasteiger partial charge >= 0.3 is 5.97 Å². The quantitative estimate of drug-likeness (QED) is 0.722. The Morgan fingerprint density at radius 3 is 3.07 bits per heavy atom. The second-order valence-corrected chi connectivity index (χ2v) is 3.78. The van der Waals surface area contributed by atoms with Gasteiger partial charge in [-0.05, 0) is 0 Å². The molecule has 6 heteroatoms. The Kier molecular flexibility index (Phi) is 2.20. The third kappa shape index (κ3) is 1.60. The molecule has 1 aliphatic rings. The van der Waals surface area contributed by atoms with E-state index in [0.717, 1.165) is 0 Å². The van der Waals surface area contributed by atoms with E-state index < -0.39 is 5.97 Å². The molecule has 0 saturated heterocycles. The van der Waals surface area contributed by atoms with Crippen LogP contribution in [-0.2, 0) is 11.2 Å². The molecule has 2 heterocycles. The zero-order chi connectivity index (χ0) is 10.1. The van der Waals surface area contributed by atoms with Crippen molar-refractivity contribution < 1.29 is 14.7 Å². The highest BCUT2D eigenvalue weighted by Crippen LogP contribution is 2.24. The number of hydrogen-bond acceptors (Lipinski definition) is 5. The maximum Gasteiger partial charge on any atom is 0.356 e. The normalized spacial score (nSPS) is 15.0. The van der Waals surface area contributed by atoms with Gasteiger partial charge in [0.05, 0.1) is 24.1 Å². The Balaban J connectivity index is 2.42. The number of carbonyl (C=O) groups excluding carboxylic acids is 1. The number of aromatic nitrogens is 2. The van der Waals surface area contributed by atoms with E-state index >= 15 is 0 Å². The third-order valence-electron chi connectivity index (χ3n) is 1.76. The molecular weight excluding hydrogens is 204 g/mol. The number of nitrogens with zero attached hydrogens (tertiary/aromatic N) is 2. The number of ketones is 1. The van der Waals surface area contributed by atoms with Crippen molar-refractivity contribution in [2.45, 2.75) is 11.4 Å². The highest BCUT2D eigenvalue weighted by Gasteiger charge is 2.20. The van der Waals surface area contributed by atoms with E-state index in [-0.39, 0.29) is 17.9 Å².